The zero-order valence-electron chi connectivity index (χ0n) is 13.4. The number of hydrogen-bond donors (Lipinski definition) is 2. The first-order chi connectivity index (χ1) is 9.78. The Labute approximate surface area is 128 Å². The van der Waals surface area contributed by atoms with E-state index in [2.05, 4.69) is 18.6 Å². The van der Waals surface area contributed by atoms with Gasteiger partial charge >= 0.3 is 0 Å². The second kappa shape index (κ2) is 7.38. The van der Waals surface area contributed by atoms with Crippen molar-refractivity contribution in [2.45, 2.75) is 63.4 Å². The zero-order valence-corrected chi connectivity index (χ0v) is 14.2. The van der Waals surface area contributed by atoms with Crippen LogP contribution in [-0.4, -0.2) is 25.7 Å². The third-order valence-electron chi connectivity index (χ3n) is 4.28. The van der Waals surface area contributed by atoms with Crippen molar-refractivity contribution < 1.29 is 13.5 Å². The van der Waals surface area contributed by atoms with Gasteiger partial charge < -0.3 is 5.11 Å². The summed E-state index contributed by atoms with van der Waals surface area (Å²) in [6.45, 7) is 7.95. The van der Waals surface area contributed by atoms with E-state index in [0.29, 0.717) is 18.8 Å². The van der Waals surface area contributed by atoms with Gasteiger partial charge in [0.25, 0.3) is 0 Å². The van der Waals surface area contributed by atoms with Gasteiger partial charge in [-0.15, -0.1) is 0 Å². The van der Waals surface area contributed by atoms with Crippen LogP contribution in [0.1, 0.15) is 58.4 Å². The Morgan fingerprint density at radius 3 is 2.10 bits per heavy atom. The highest BCUT2D eigenvalue weighted by atomic mass is 32.2. The summed E-state index contributed by atoms with van der Waals surface area (Å²) in [6.07, 6.45) is 2.04. The van der Waals surface area contributed by atoms with Gasteiger partial charge in [-0.25, -0.2) is 13.1 Å². The van der Waals surface area contributed by atoms with E-state index in [1.807, 2.05) is 26.0 Å². The maximum Gasteiger partial charge on any atom is 0.240 e. The van der Waals surface area contributed by atoms with Crippen molar-refractivity contribution in [2.24, 2.45) is 0 Å². The molecule has 0 fully saturated rings. The summed E-state index contributed by atoms with van der Waals surface area (Å²) >= 11 is 0. The van der Waals surface area contributed by atoms with Crippen molar-refractivity contribution in [3.8, 4) is 0 Å². The van der Waals surface area contributed by atoms with Crippen LogP contribution >= 0.6 is 0 Å². The van der Waals surface area contributed by atoms with Crippen molar-refractivity contribution in [3.63, 3.8) is 0 Å². The minimum Gasteiger partial charge on any atom is -0.389 e. The van der Waals surface area contributed by atoms with Gasteiger partial charge in [-0.05, 0) is 42.9 Å². The minimum atomic E-state index is -3.57. The summed E-state index contributed by atoms with van der Waals surface area (Å²) < 4.78 is 27.0. The van der Waals surface area contributed by atoms with E-state index in [1.54, 1.807) is 12.1 Å². The van der Waals surface area contributed by atoms with E-state index < -0.39 is 15.6 Å². The Balaban J connectivity index is 2.84. The molecular formula is C16H27NO3S. The predicted molar refractivity (Wildman–Crippen MR) is 85.9 cm³/mol. The number of nitrogens with one attached hydrogen (secondary N) is 1. The van der Waals surface area contributed by atoms with Crippen molar-refractivity contribution in [2.75, 3.05) is 6.54 Å². The Bertz CT molecular complexity index is 533. The van der Waals surface area contributed by atoms with Gasteiger partial charge in [0.1, 0.15) is 0 Å². The molecular weight excluding hydrogens is 286 g/mol. The lowest BCUT2D eigenvalue weighted by atomic mass is 9.98. The standard InChI is InChI=1S/C16H27NO3S/c1-5-13(4)14-8-10-15(11-9-14)21(19,20)17-12-16(18,6-2)7-3/h8-11,13,17-18H,5-7,12H2,1-4H3. The monoisotopic (exact) mass is 313 g/mol. The molecule has 0 saturated heterocycles. The average molecular weight is 313 g/mol. The molecule has 0 heterocycles. The van der Waals surface area contributed by atoms with Gasteiger partial charge in [-0.2, -0.15) is 0 Å². The SMILES string of the molecule is CCC(C)c1ccc(S(=O)(=O)NCC(O)(CC)CC)cc1. The lowest BCUT2D eigenvalue weighted by Crippen LogP contribution is -2.41. The quantitative estimate of drug-likeness (QED) is 0.775. The van der Waals surface area contributed by atoms with Crippen LogP contribution in [0.25, 0.3) is 0 Å². The molecule has 21 heavy (non-hydrogen) atoms. The normalized spacial score (nSPS) is 14.1. The smallest absolute Gasteiger partial charge is 0.240 e. The molecule has 1 unspecified atom stereocenters. The lowest BCUT2D eigenvalue weighted by molar-refractivity contribution is 0.0377. The van der Waals surface area contributed by atoms with E-state index >= 15 is 0 Å². The molecule has 4 nitrogen and oxygen atoms in total. The summed E-state index contributed by atoms with van der Waals surface area (Å²) in [5, 5.41) is 10.2. The zero-order chi connectivity index (χ0) is 16.1. The third kappa shape index (κ3) is 4.80. The average Bonchev–Trinajstić information content (AvgIpc) is 2.52. The minimum absolute atomic E-state index is 0.0372. The molecule has 0 bridgehead atoms. The first kappa shape index (κ1) is 18.1. The molecule has 1 rings (SSSR count). The molecule has 1 aromatic carbocycles. The van der Waals surface area contributed by atoms with E-state index in [0.717, 1.165) is 12.0 Å². The van der Waals surface area contributed by atoms with Gasteiger partial charge in [-0.3, -0.25) is 0 Å². The molecule has 2 N–H and O–H groups in total. The van der Waals surface area contributed by atoms with Crippen molar-refractivity contribution in [1.29, 1.82) is 0 Å². The van der Waals surface area contributed by atoms with Crippen LogP contribution in [0.15, 0.2) is 29.2 Å². The molecule has 0 saturated carbocycles. The number of rotatable bonds is 8. The van der Waals surface area contributed by atoms with E-state index in [9.17, 15) is 13.5 Å². The van der Waals surface area contributed by atoms with E-state index in [-0.39, 0.29) is 11.4 Å². The summed E-state index contributed by atoms with van der Waals surface area (Å²) in [4.78, 5) is 0.240. The molecule has 0 aromatic heterocycles. The summed E-state index contributed by atoms with van der Waals surface area (Å²) in [5.74, 6) is 0.417. The molecule has 0 aliphatic rings. The fourth-order valence-corrected chi connectivity index (χ4v) is 3.14. The van der Waals surface area contributed by atoms with Crippen LogP contribution in [-0.2, 0) is 10.0 Å². The van der Waals surface area contributed by atoms with Gasteiger partial charge in [0, 0.05) is 6.54 Å². The number of aliphatic hydroxyl groups is 1. The molecule has 0 spiro atoms. The van der Waals surface area contributed by atoms with Gasteiger partial charge in [0.05, 0.1) is 10.5 Å². The van der Waals surface area contributed by atoms with Crippen LogP contribution in [0.4, 0.5) is 0 Å². The van der Waals surface area contributed by atoms with Crippen molar-refractivity contribution >= 4 is 10.0 Å². The van der Waals surface area contributed by atoms with Gasteiger partial charge in [-0.1, -0.05) is 39.8 Å². The topological polar surface area (TPSA) is 66.4 Å². The van der Waals surface area contributed by atoms with Crippen molar-refractivity contribution in [1.82, 2.24) is 4.72 Å². The van der Waals surface area contributed by atoms with Crippen LogP contribution in [0, 0.1) is 0 Å². The fourth-order valence-electron chi connectivity index (χ4n) is 2.02. The maximum atomic E-state index is 12.2. The highest BCUT2D eigenvalue weighted by Crippen LogP contribution is 2.21. The fraction of sp³-hybridized carbons (Fsp3) is 0.625. The van der Waals surface area contributed by atoms with Crippen LogP contribution in [0.3, 0.4) is 0 Å². The van der Waals surface area contributed by atoms with E-state index in [1.165, 1.54) is 0 Å². The third-order valence-corrected chi connectivity index (χ3v) is 5.70. The first-order valence-electron chi connectivity index (χ1n) is 7.60. The Morgan fingerprint density at radius 2 is 1.67 bits per heavy atom. The number of hydrogen-bond acceptors (Lipinski definition) is 3. The Hall–Kier alpha value is -0.910. The maximum absolute atomic E-state index is 12.2. The molecule has 0 aliphatic heterocycles. The largest absolute Gasteiger partial charge is 0.389 e. The van der Waals surface area contributed by atoms with Gasteiger partial charge in [0.15, 0.2) is 0 Å². The molecule has 0 aliphatic carbocycles. The summed E-state index contributed by atoms with van der Waals surface area (Å²) in [5.41, 5.74) is 0.152. The van der Waals surface area contributed by atoms with Gasteiger partial charge in [0.2, 0.25) is 10.0 Å². The lowest BCUT2D eigenvalue weighted by Gasteiger charge is -2.25. The highest BCUT2D eigenvalue weighted by Gasteiger charge is 2.25. The summed E-state index contributed by atoms with van der Waals surface area (Å²) in [6, 6.07) is 6.96. The molecule has 0 radical (unpaired) electrons. The first-order valence-corrected chi connectivity index (χ1v) is 9.08. The second-order valence-corrected chi connectivity index (χ2v) is 7.40. The highest BCUT2D eigenvalue weighted by molar-refractivity contribution is 7.89. The van der Waals surface area contributed by atoms with Crippen molar-refractivity contribution in [3.05, 3.63) is 29.8 Å². The van der Waals surface area contributed by atoms with Crippen LogP contribution < -0.4 is 4.72 Å². The Kier molecular flexibility index (Phi) is 6.38. The van der Waals surface area contributed by atoms with Crippen LogP contribution in [0.2, 0.25) is 0 Å². The number of benzene rings is 1. The van der Waals surface area contributed by atoms with Crippen LogP contribution in [0.5, 0.6) is 0 Å². The second-order valence-electron chi connectivity index (χ2n) is 5.63. The molecule has 1 atom stereocenters. The predicted octanol–water partition coefficient (Wildman–Crippen LogP) is 3.03. The molecule has 5 heteroatoms. The Morgan fingerprint density at radius 1 is 1.14 bits per heavy atom. The number of sulfonamides is 1. The molecule has 0 amide bonds. The summed E-state index contributed by atoms with van der Waals surface area (Å²) in [7, 11) is -3.57. The molecule has 120 valence electrons. The molecule has 1 aromatic rings. The van der Waals surface area contributed by atoms with E-state index in [4.69, 9.17) is 0 Å².